The van der Waals surface area contributed by atoms with Crippen LogP contribution >= 0.6 is 23.2 Å². The fraction of sp³-hybridized carbons (Fsp3) is 0.391. The van der Waals surface area contributed by atoms with Gasteiger partial charge >= 0.3 is 0 Å². The number of phenolic OH excluding ortho intramolecular Hbond substituents is 1. The number of phenols is 1. The number of aromatic hydroxyl groups is 1. The van der Waals surface area contributed by atoms with Crippen LogP contribution in [-0.4, -0.2) is 78.6 Å². The molecule has 0 aliphatic carbocycles. The summed E-state index contributed by atoms with van der Waals surface area (Å²) in [4.78, 5) is 31.6. The van der Waals surface area contributed by atoms with Crippen molar-refractivity contribution in [1.82, 2.24) is 9.80 Å². The zero-order valence-corrected chi connectivity index (χ0v) is 19.6. The van der Waals surface area contributed by atoms with Crippen LogP contribution in [0.4, 0.5) is 11.4 Å². The number of hydrogen-bond donors (Lipinski definition) is 3. The molecule has 10 heteroatoms. The zero-order valence-electron chi connectivity index (χ0n) is 18.1. The van der Waals surface area contributed by atoms with Crippen LogP contribution in [0.15, 0.2) is 42.5 Å². The van der Waals surface area contributed by atoms with Gasteiger partial charge in [0, 0.05) is 61.7 Å². The summed E-state index contributed by atoms with van der Waals surface area (Å²) in [6.45, 7) is 3.88. The molecule has 4 N–H and O–H groups in total. The molecule has 2 heterocycles. The van der Waals surface area contributed by atoms with Crippen molar-refractivity contribution in [2.75, 3.05) is 56.0 Å². The summed E-state index contributed by atoms with van der Waals surface area (Å²) in [6, 6.07) is 11.8. The molecule has 0 radical (unpaired) electrons. The molecule has 4 rings (SSSR count). The Balaban J connectivity index is 1.27. The maximum Gasteiger partial charge on any atom is 0.236 e. The van der Waals surface area contributed by atoms with Crippen LogP contribution in [0, 0.1) is 5.92 Å². The maximum absolute atomic E-state index is 12.9. The second-order valence-electron chi connectivity index (χ2n) is 8.47. The van der Waals surface area contributed by atoms with Crippen molar-refractivity contribution in [3.8, 4) is 5.75 Å². The Morgan fingerprint density at radius 3 is 2.52 bits per heavy atom. The molecule has 0 saturated carbocycles. The van der Waals surface area contributed by atoms with E-state index in [1.54, 1.807) is 6.07 Å². The molecule has 0 aromatic heterocycles. The summed E-state index contributed by atoms with van der Waals surface area (Å²) >= 11 is 12.0. The Kier molecular flexibility index (Phi) is 7.29. The first-order chi connectivity index (χ1) is 15.8. The van der Waals surface area contributed by atoms with Crippen molar-refractivity contribution in [2.45, 2.75) is 6.04 Å². The summed E-state index contributed by atoms with van der Waals surface area (Å²) in [7, 11) is 0. The molecular formula is C23H27Cl2N5O3. The van der Waals surface area contributed by atoms with E-state index in [0.29, 0.717) is 36.9 Å². The Morgan fingerprint density at radius 2 is 1.82 bits per heavy atom. The molecule has 2 aliphatic rings. The lowest BCUT2D eigenvalue weighted by Crippen LogP contribution is -2.51. The van der Waals surface area contributed by atoms with Crippen LogP contribution in [0.2, 0.25) is 10.0 Å². The van der Waals surface area contributed by atoms with Gasteiger partial charge in [0.15, 0.2) is 0 Å². The molecule has 2 amide bonds. The lowest BCUT2D eigenvalue weighted by Gasteiger charge is -2.36. The Bertz CT molecular complexity index is 1030. The number of hydrogen-bond acceptors (Lipinski definition) is 6. The molecule has 0 spiro atoms. The maximum atomic E-state index is 12.9. The van der Waals surface area contributed by atoms with E-state index in [0.717, 1.165) is 18.8 Å². The number of nitrogens with two attached hydrogens (primary N) is 1. The van der Waals surface area contributed by atoms with Crippen LogP contribution in [0.5, 0.6) is 5.75 Å². The average molecular weight is 492 g/mol. The standard InChI is InChI=1S/C23H27Cl2N5O3/c24-15-2-1-3-17(10-15)29-6-8-30(9-7-29)22(32)14-28-12-18(20(26)13-28)23(33)27-16-4-5-21(31)19(25)11-16/h1-5,10-11,18,20,31H,6-9,12-14,26H2,(H,27,33)/t18-,20-/m0/s1. The van der Waals surface area contributed by atoms with Crippen LogP contribution in [0.25, 0.3) is 0 Å². The number of carbonyl (C=O) groups excluding carboxylic acids is 2. The van der Waals surface area contributed by atoms with Crippen LogP contribution in [-0.2, 0) is 9.59 Å². The zero-order chi connectivity index (χ0) is 23.5. The third-order valence-corrected chi connectivity index (χ3v) is 6.70. The van der Waals surface area contributed by atoms with Gasteiger partial charge in [-0.2, -0.15) is 0 Å². The summed E-state index contributed by atoms with van der Waals surface area (Å²) in [6.07, 6.45) is 0. The van der Waals surface area contributed by atoms with Crippen molar-refractivity contribution >= 4 is 46.4 Å². The quantitative estimate of drug-likeness (QED) is 0.554. The van der Waals surface area contributed by atoms with E-state index >= 15 is 0 Å². The Labute approximate surface area is 202 Å². The summed E-state index contributed by atoms with van der Waals surface area (Å²) < 4.78 is 0. The second-order valence-corrected chi connectivity index (χ2v) is 9.31. The highest BCUT2D eigenvalue weighted by molar-refractivity contribution is 6.32. The molecule has 0 unspecified atom stereocenters. The minimum Gasteiger partial charge on any atom is -0.506 e. The van der Waals surface area contributed by atoms with Crippen molar-refractivity contribution in [3.05, 3.63) is 52.5 Å². The van der Waals surface area contributed by atoms with Crippen LogP contribution in [0.3, 0.4) is 0 Å². The highest BCUT2D eigenvalue weighted by Crippen LogP contribution is 2.27. The molecule has 2 aromatic carbocycles. The third kappa shape index (κ3) is 5.70. The van der Waals surface area contributed by atoms with Crippen LogP contribution < -0.4 is 16.0 Å². The van der Waals surface area contributed by atoms with Crippen LogP contribution in [0.1, 0.15) is 0 Å². The number of nitrogens with zero attached hydrogens (tertiary/aromatic N) is 3. The van der Waals surface area contributed by atoms with Gasteiger partial charge in [-0.15, -0.1) is 0 Å². The van der Waals surface area contributed by atoms with E-state index in [-0.39, 0.29) is 35.2 Å². The van der Waals surface area contributed by atoms with Gasteiger partial charge in [0.1, 0.15) is 5.75 Å². The lowest BCUT2D eigenvalue weighted by molar-refractivity contribution is -0.132. The first-order valence-electron chi connectivity index (χ1n) is 10.9. The Hall–Kier alpha value is -2.52. The van der Waals surface area contributed by atoms with E-state index in [1.807, 2.05) is 34.1 Å². The minimum absolute atomic E-state index is 0.0410. The molecule has 0 bridgehead atoms. The fourth-order valence-corrected chi connectivity index (χ4v) is 4.68. The fourth-order valence-electron chi connectivity index (χ4n) is 4.32. The molecule has 176 valence electrons. The number of anilines is 2. The summed E-state index contributed by atoms with van der Waals surface area (Å²) in [5.74, 6) is -0.677. The first kappa shape index (κ1) is 23.6. The number of amides is 2. The van der Waals surface area contributed by atoms with Gasteiger partial charge in [-0.1, -0.05) is 29.3 Å². The summed E-state index contributed by atoms with van der Waals surface area (Å²) in [5.41, 5.74) is 7.76. The molecule has 2 saturated heterocycles. The van der Waals surface area contributed by atoms with Gasteiger partial charge in [-0.25, -0.2) is 0 Å². The van der Waals surface area contributed by atoms with Crippen molar-refractivity contribution in [1.29, 1.82) is 0 Å². The van der Waals surface area contributed by atoms with E-state index in [2.05, 4.69) is 10.2 Å². The van der Waals surface area contributed by atoms with E-state index in [1.165, 1.54) is 12.1 Å². The molecule has 2 fully saturated rings. The molecule has 2 atom stereocenters. The number of rotatable bonds is 5. The third-order valence-electron chi connectivity index (χ3n) is 6.16. The van der Waals surface area contributed by atoms with Gasteiger partial charge < -0.3 is 26.0 Å². The highest BCUT2D eigenvalue weighted by Gasteiger charge is 2.37. The molecule has 2 aliphatic heterocycles. The molecular weight excluding hydrogens is 465 g/mol. The van der Waals surface area contributed by atoms with Crippen molar-refractivity contribution in [2.24, 2.45) is 11.7 Å². The molecule has 8 nitrogen and oxygen atoms in total. The van der Waals surface area contributed by atoms with E-state index in [9.17, 15) is 14.7 Å². The number of benzene rings is 2. The van der Waals surface area contributed by atoms with E-state index < -0.39 is 5.92 Å². The van der Waals surface area contributed by atoms with Gasteiger partial charge in [0.25, 0.3) is 0 Å². The van der Waals surface area contributed by atoms with Gasteiger partial charge in [-0.3, -0.25) is 14.5 Å². The van der Waals surface area contributed by atoms with Gasteiger partial charge in [-0.05, 0) is 36.4 Å². The second kappa shape index (κ2) is 10.2. The Morgan fingerprint density at radius 1 is 1.06 bits per heavy atom. The van der Waals surface area contributed by atoms with E-state index in [4.69, 9.17) is 28.9 Å². The monoisotopic (exact) mass is 491 g/mol. The normalized spacial score (nSPS) is 21.3. The van der Waals surface area contributed by atoms with Crippen molar-refractivity contribution in [3.63, 3.8) is 0 Å². The van der Waals surface area contributed by atoms with Gasteiger partial charge in [0.05, 0.1) is 17.5 Å². The number of piperazine rings is 1. The average Bonchev–Trinajstić information content (AvgIpc) is 3.16. The first-order valence-corrected chi connectivity index (χ1v) is 11.6. The number of carbonyl (C=O) groups is 2. The lowest BCUT2D eigenvalue weighted by atomic mass is 10.0. The largest absolute Gasteiger partial charge is 0.506 e. The number of nitrogens with one attached hydrogen (secondary N) is 1. The number of halogens is 2. The highest BCUT2D eigenvalue weighted by atomic mass is 35.5. The molecule has 2 aromatic rings. The SMILES string of the molecule is N[C@H]1CN(CC(=O)N2CCN(c3cccc(Cl)c3)CC2)C[C@@H]1C(=O)Nc1ccc(O)c(Cl)c1. The smallest absolute Gasteiger partial charge is 0.236 e. The molecule has 33 heavy (non-hydrogen) atoms. The van der Waals surface area contributed by atoms with Crippen molar-refractivity contribution < 1.29 is 14.7 Å². The topological polar surface area (TPSA) is 102 Å². The number of likely N-dealkylation sites (tertiary alicyclic amines) is 1. The predicted octanol–water partition coefficient (Wildman–Crippen LogP) is 2.25. The minimum atomic E-state index is -0.440. The predicted molar refractivity (Wildman–Crippen MR) is 130 cm³/mol. The summed E-state index contributed by atoms with van der Waals surface area (Å²) in [5, 5.41) is 13.2. The van der Waals surface area contributed by atoms with Gasteiger partial charge in [0.2, 0.25) is 11.8 Å².